The molecule has 0 fully saturated rings. The van der Waals surface area contributed by atoms with Crippen LogP contribution in [0.4, 0.5) is 10.2 Å². The van der Waals surface area contributed by atoms with Crippen molar-refractivity contribution in [2.75, 3.05) is 5.73 Å². The van der Waals surface area contributed by atoms with E-state index in [1.165, 1.54) is 6.07 Å². The van der Waals surface area contributed by atoms with Crippen LogP contribution in [0.15, 0.2) is 22.7 Å². The van der Waals surface area contributed by atoms with Crippen LogP contribution in [0, 0.1) is 5.82 Å². The number of nitrogens with zero attached hydrogens (tertiary/aromatic N) is 2. The summed E-state index contributed by atoms with van der Waals surface area (Å²) in [5.41, 5.74) is 6.87. The van der Waals surface area contributed by atoms with E-state index in [1.807, 2.05) is 14.0 Å². The van der Waals surface area contributed by atoms with Gasteiger partial charge in [0, 0.05) is 23.5 Å². The van der Waals surface area contributed by atoms with Gasteiger partial charge in [0.05, 0.1) is 0 Å². The van der Waals surface area contributed by atoms with Gasteiger partial charge in [-0.3, -0.25) is 0 Å². The number of hydrogen-bond acceptors (Lipinski definition) is 2. The van der Waals surface area contributed by atoms with Crippen molar-refractivity contribution in [3.8, 4) is 11.3 Å². The quantitative estimate of drug-likeness (QED) is 0.925. The molecule has 0 saturated heterocycles. The predicted octanol–water partition coefficient (Wildman–Crippen LogP) is 3.13. The van der Waals surface area contributed by atoms with Gasteiger partial charge in [0.15, 0.2) is 0 Å². The summed E-state index contributed by atoms with van der Waals surface area (Å²) in [5.74, 6) is 1.01. The summed E-state index contributed by atoms with van der Waals surface area (Å²) in [6.45, 7) is 1.99. The summed E-state index contributed by atoms with van der Waals surface area (Å²) in [4.78, 5) is 4.38. The maximum absolute atomic E-state index is 13.8. The van der Waals surface area contributed by atoms with E-state index < -0.39 is 0 Å². The smallest absolute Gasteiger partial charge is 0.132 e. The Hall–Kier alpha value is -1.36. The van der Waals surface area contributed by atoms with E-state index in [2.05, 4.69) is 20.9 Å². The van der Waals surface area contributed by atoms with Crippen LogP contribution < -0.4 is 5.73 Å². The first-order valence-corrected chi connectivity index (χ1v) is 6.10. The van der Waals surface area contributed by atoms with Crippen molar-refractivity contribution in [1.82, 2.24) is 9.55 Å². The molecule has 0 saturated carbocycles. The molecule has 3 nitrogen and oxygen atoms in total. The topological polar surface area (TPSA) is 43.8 Å². The van der Waals surface area contributed by atoms with Gasteiger partial charge in [0.1, 0.15) is 23.2 Å². The molecular formula is C12H13BrFN3. The SMILES string of the molecule is CCc1nc(-c2cc(Br)ccc2F)c(N)n1C. The zero-order valence-electron chi connectivity index (χ0n) is 9.67. The summed E-state index contributed by atoms with van der Waals surface area (Å²) in [5, 5.41) is 0. The lowest BCUT2D eigenvalue weighted by molar-refractivity contribution is 0.630. The minimum absolute atomic E-state index is 0.319. The Morgan fingerprint density at radius 1 is 1.47 bits per heavy atom. The van der Waals surface area contributed by atoms with Gasteiger partial charge in [-0.15, -0.1) is 0 Å². The van der Waals surface area contributed by atoms with E-state index in [0.717, 1.165) is 16.7 Å². The monoisotopic (exact) mass is 297 g/mol. The third kappa shape index (κ3) is 2.07. The van der Waals surface area contributed by atoms with E-state index in [1.54, 1.807) is 16.7 Å². The fraction of sp³-hybridized carbons (Fsp3) is 0.250. The summed E-state index contributed by atoms with van der Waals surface area (Å²) >= 11 is 3.32. The summed E-state index contributed by atoms with van der Waals surface area (Å²) in [7, 11) is 1.83. The largest absolute Gasteiger partial charge is 0.383 e. The molecule has 0 aliphatic rings. The van der Waals surface area contributed by atoms with Gasteiger partial charge in [-0.1, -0.05) is 22.9 Å². The molecular weight excluding hydrogens is 285 g/mol. The Morgan fingerprint density at radius 3 is 2.76 bits per heavy atom. The second-order valence-electron chi connectivity index (χ2n) is 3.80. The van der Waals surface area contributed by atoms with Crippen LogP contribution in [0.5, 0.6) is 0 Å². The van der Waals surface area contributed by atoms with Crippen LogP contribution in [0.1, 0.15) is 12.7 Å². The Balaban J connectivity index is 2.64. The summed E-state index contributed by atoms with van der Waals surface area (Å²) < 4.78 is 16.3. The highest BCUT2D eigenvalue weighted by molar-refractivity contribution is 9.10. The number of anilines is 1. The molecule has 90 valence electrons. The van der Waals surface area contributed by atoms with Crippen molar-refractivity contribution < 1.29 is 4.39 Å². The Bertz CT molecular complexity index is 563. The molecule has 1 aromatic carbocycles. The first-order chi connectivity index (χ1) is 8.04. The normalized spacial score (nSPS) is 10.8. The number of hydrogen-bond donors (Lipinski definition) is 1. The number of aromatic nitrogens is 2. The molecule has 17 heavy (non-hydrogen) atoms. The van der Waals surface area contributed by atoms with Crippen molar-refractivity contribution in [1.29, 1.82) is 0 Å². The molecule has 0 radical (unpaired) electrons. The van der Waals surface area contributed by atoms with E-state index in [-0.39, 0.29) is 5.82 Å². The number of benzene rings is 1. The van der Waals surface area contributed by atoms with E-state index in [9.17, 15) is 4.39 Å². The van der Waals surface area contributed by atoms with Crippen LogP contribution in [-0.4, -0.2) is 9.55 Å². The molecule has 0 amide bonds. The Labute approximate surface area is 108 Å². The molecule has 2 N–H and O–H groups in total. The molecule has 0 bridgehead atoms. The van der Waals surface area contributed by atoms with Crippen molar-refractivity contribution in [2.24, 2.45) is 7.05 Å². The highest BCUT2D eigenvalue weighted by Gasteiger charge is 2.16. The lowest BCUT2D eigenvalue weighted by Crippen LogP contribution is -2.00. The number of nitrogen functional groups attached to an aromatic ring is 1. The lowest BCUT2D eigenvalue weighted by Gasteiger charge is -2.02. The molecule has 5 heteroatoms. The number of halogens is 2. The van der Waals surface area contributed by atoms with Crippen molar-refractivity contribution in [3.05, 3.63) is 34.3 Å². The van der Waals surface area contributed by atoms with Crippen LogP contribution in [0.25, 0.3) is 11.3 Å². The van der Waals surface area contributed by atoms with Crippen molar-refractivity contribution in [2.45, 2.75) is 13.3 Å². The fourth-order valence-electron chi connectivity index (χ4n) is 1.75. The van der Waals surface area contributed by atoms with Crippen molar-refractivity contribution >= 4 is 21.7 Å². The van der Waals surface area contributed by atoms with Crippen LogP contribution >= 0.6 is 15.9 Å². The zero-order chi connectivity index (χ0) is 12.6. The van der Waals surface area contributed by atoms with Gasteiger partial charge in [-0.05, 0) is 18.2 Å². The van der Waals surface area contributed by atoms with E-state index in [4.69, 9.17) is 5.73 Å². The lowest BCUT2D eigenvalue weighted by atomic mass is 10.1. The third-order valence-electron chi connectivity index (χ3n) is 2.73. The first kappa shape index (κ1) is 12.1. The molecule has 0 spiro atoms. The standard InChI is InChI=1S/C12H13BrFN3/c1-3-10-16-11(12(15)17(10)2)8-6-7(13)4-5-9(8)14/h4-6H,3,15H2,1-2H3. The molecule has 0 unspecified atom stereocenters. The average molecular weight is 298 g/mol. The summed E-state index contributed by atoms with van der Waals surface area (Å²) in [6, 6.07) is 4.74. The van der Waals surface area contributed by atoms with E-state index in [0.29, 0.717) is 17.1 Å². The first-order valence-electron chi connectivity index (χ1n) is 5.31. The highest BCUT2D eigenvalue weighted by Crippen LogP contribution is 2.30. The van der Waals surface area contributed by atoms with E-state index >= 15 is 0 Å². The van der Waals surface area contributed by atoms with Gasteiger partial charge >= 0.3 is 0 Å². The maximum atomic E-state index is 13.8. The number of rotatable bonds is 2. The molecule has 0 atom stereocenters. The molecule has 2 rings (SSSR count). The molecule has 1 heterocycles. The molecule has 1 aromatic heterocycles. The Morgan fingerprint density at radius 2 is 2.18 bits per heavy atom. The van der Waals surface area contributed by atoms with Gasteiger partial charge in [-0.2, -0.15) is 0 Å². The zero-order valence-corrected chi connectivity index (χ0v) is 11.3. The predicted molar refractivity (Wildman–Crippen MR) is 70.1 cm³/mol. The van der Waals surface area contributed by atoms with Gasteiger partial charge < -0.3 is 10.3 Å². The molecule has 2 aromatic rings. The maximum Gasteiger partial charge on any atom is 0.132 e. The van der Waals surface area contributed by atoms with Crippen LogP contribution in [-0.2, 0) is 13.5 Å². The second-order valence-corrected chi connectivity index (χ2v) is 4.71. The Kier molecular flexibility index (Phi) is 3.19. The highest BCUT2D eigenvalue weighted by atomic mass is 79.9. The minimum atomic E-state index is -0.319. The van der Waals surface area contributed by atoms with Gasteiger partial charge in [-0.25, -0.2) is 9.37 Å². The number of imidazole rings is 1. The van der Waals surface area contributed by atoms with Crippen molar-refractivity contribution in [3.63, 3.8) is 0 Å². The number of aryl methyl sites for hydroxylation is 1. The van der Waals surface area contributed by atoms with Crippen LogP contribution in [0.2, 0.25) is 0 Å². The third-order valence-corrected chi connectivity index (χ3v) is 3.23. The van der Waals surface area contributed by atoms with Gasteiger partial charge in [0.25, 0.3) is 0 Å². The fourth-order valence-corrected chi connectivity index (χ4v) is 2.11. The minimum Gasteiger partial charge on any atom is -0.383 e. The number of nitrogens with two attached hydrogens (primary N) is 1. The second kappa shape index (κ2) is 4.49. The summed E-state index contributed by atoms with van der Waals surface area (Å²) in [6.07, 6.45) is 0.760. The molecule has 0 aliphatic carbocycles. The average Bonchev–Trinajstić information content (AvgIpc) is 2.59. The van der Waals surface area contributed by atoms with Gasteiger partial charge in [0.2, 0.25) is 0 Å². The van der Waals surface area contributed by atoms with Crippen LogP contribution in [0.3, 0.4) is 0 Å². The molecule has 0 aliphatic heterocycles.